The lowest BCUT2D eigenvalue weighted by Crippen LogP contribution is -2.00. The Morgan fingerprint density at radius 1 is 1.00 bits per heavy atom. The zero-order valence-electron chi connectivity index (χ0n) is 14.1. The van der Waals surface area contributed by atoms with Crippen molar-refractivity contribution in [2.45, 2.75) is 14.4 Å². The van der Waals surface area contributed by atoms with Gasteiger partial charge in [0.2, 0.25) is 0 Å². The molecule has 0 radical (unpaired) electrons. The molecule has 0 aliphatic heterocycles. The molecule has 27 heavy (non-hydrogen) atoms. The molecule has 0 saturated carbocycles. The van der Waals surface area contributed by atoms with Gasteiger partial charge in [-0.25, -0.2) is 9.97 Å². The molecule has 4 aromatic rings. The molecule has 4 rings (SSSR count). The van der Waals surface area contributed by atoms with Gasteiger partial charge < -0.3 is 5.73 Å². The van der Waals surface area contributed by atoms with E-state index in [1.54, 1.807) is 18.5 Å². The Kier molecular flexibility index (Phi) is 4.82. The summed E-state index contributed by atoms with van der Waals surface area (Å²) in [7, 11) is 0. The average Bonchev–Trinajstić information content (AvgIpc) is 2.68. The maximum absolute atomic E-state index is 9.14. The first kappa shape index (κ1) is 18.0. The molecule has 2 N–H and O–H groups in total. The minimum atomic E-state index is 0. The van der Waals surface area contributed by atoms with Crippen LogP contribution in [0.1, 0.15) is 18.6 Å². The van der Waals surface area contributed by atoms with Crippen LogP contribution in [-0.4, -0.2) is 15.0 Å². The molecule has 0 aliphatic carbocycles. The highest BCUT2D eigenvalue weighted by Crippen LogP contribution is 2.33. The van der Waals surface area contributed by atoms with Crippen LogP contribution in [0.25, 0.3) is 33.4 Å². The zero-order chi connectivity index (χ0) is 18.1. The second-order valence-electron chi connectivity index (χ2n) is 6.00. The molecule has 0 amide bonds. The fourth-order valence-corrected chi connectivity index (χ4v) is 3.12. The van der Waals surface area contributed by atoms with E-state index in [1.165, 1.54) is 0 Å². The monoisotopic (exact) mass is 353 g/mol. The van der Waals surface area contributed by atoms with E-state index in [0.717, 1.165) is 33.2 Å². The van der Waals surface area contributed by atoms with E-state index in [-0.39, 0.29) is 7.43 Å². The summed E-state index contributed by atoms with van der Waals surface area (Å²) in [5.41, 5.74) is 11.5. The Morgan fingerprint density at radius 2 is 1.81 bits per heavy atom. The predicted octanol–water partition coefficient (Wildman–Crippen LogP) is 4.76. The van der Waals surface area contributed by atoms with Crippen molar-refractivity contribution < 1.29 is 0 Å². The number of benzene rings is 2. The lowest BCUT2D eigenvalue weighted by molar-refractivity contribution is 1.21. The summed E-state index contributed by atoms with van der Waals surface area (Å²) in [6, 6.07) is 17.4. The van der Waals surface area contributed by atoms with Crippen molar-refractivity contribution in [3.8, 4) is 28.6 Å². The van der Waals surface area contributed by atoms with E-state index in [9.17, 15) is 0 Å². The van der Waals surface area contributed by atoms with Crippen LogP contribution in [0.15, 0.2) is 60.9 Å². The topological polar surface area (TPSA) is 88.5 Å². The van der Waals surface area contributed by atoms with E-state index in [1.807, 2.05) is 49.4 Å². The molecule has 2 heterocycles. The quantitative estimate of drug-likeness (QED) is 0.561. The van der Waals surface area contributed by atoms with Crippen molar-refractivity contribution in [3.05, 3.63) is 72.1 Å². The first-order valence-corrected chi connectivity index (χ1v) is 8.15. The molecule has 0 spiro atoms. The van der Waals surface area contributed by atoms with Crippen LogP contribution in [-0.2, 0) is 0 Å². The molecular formula is C22H19N5. The van der Waals surface area contributed by atoms with Gasteiger partial charge in [-0.2, -0.15) is 5.26 Å². The highest BCUT2D eigenvalue weighted by atomic mass is 14.9. The molecular weight excluding hydrogens is 334 g/mol. The molecule has 5 nitrogen and oxygen atoms in total. The number of hydrogen-bond donors (Lipinski definition) is 1. The molecule has 0 unspecified atom stereocenters. The summed E-state index contributed by atoms with van der Waals surface area (Å²) < 4.78 is 0. The summed E-state index contributed by atoms with van der Waals surface area (Å²) in [6.45, 7) is 2.00. The number of nitrogen functional groups attached to an aromatic ring is 1. The maximum atomic E-state index is 9.14. The molecule has 5 heteroatoms. The Balaban J connectivity index is 0.00000210. The summed E-state index contributed by atoms with van der Waals surface area (Å²) >= 11 is 0. The van der Waals surface area contributed by atoms with Crippen LogP contribution in [0, 0.1) is 18.3 Å². The maximum Gasteiger partial charge on any atom is 0.163 e. The van der Waals surface area contributed by atoms with Gasteiger partial charge in [-0.05, 0) is 53.9 Å². The molecule has 2 aromatic carbocycles. The van der Waals surface area contributed by atoms with Crippen molar-refractivity contribution in [2.24, 2.45) is 0 Å². The van der Waals surface area contributed by atoms with Gasteiger partial charge in [0.25, 0.3) is 0 Å². The average molecular weight is 353 g/mol. The molecule has 0 saturated heterocycles. The number of nitrogens with zero attached hydrogens (tertiary/aromatic N) is 4. The molecule has 132 valence electrons. The molecule has 0 atom stereocenters. The van der Waals surface area contributed by atoms with Crippen LogP contribution in [0.2, 0.25) is 0 Å². The number of nitriles is 1. The Hall–Kier alpha value is -3.78. The van der Waals surface area contributed by atoms with Gasteiger partial charge in [0, 0.05) is 23.3 Å². The van der Waals surface area contributed by atoms with E-state index >= 15 is 0 Å². The van der Waals surface area contributed by atoms with Crippen molar-refractivity contribution in [1.29, 1.82) is 5.26 Å². The minimum absolute atomic E-state index is 0. The minimum Gasteiger partial charge on any atom is -0.383 e. The van der Waals surface area contributed by atoms with Gasteiger partial charge in [0.05, 0.1) is 17.1 Å². The SMILES string of the molecule is C.Cc1c(-c2cccc(C#N)c2)ccc2nc(-c3cccnc3)nc(N)c12. The normalized spacial score (nSPS) is 10.2. The van der Waals surface area contributed by atoms with Gasteiger partial charge in [-0.3, -0.25) is 4.98 Å². The summed E-state index contributed by atoms with van der Waals surface area (Å²) in [5.74, 6) is 0.992. The molecule has 2 aromatic heterocycles. The fraction of sp³-hybridized carbons (Fsp3) is 0.0909. The number of fused-ring (bicyclic) bond motifs is 1. The number of aromatic nitrogens is 3. The second kappa shape index (κ2) is 7.22. The fourth-order valence-electron chi connectivity index (χ4n) is 3.12. The van der Waals surface area contributed by atoms with Gasteiger partial charge in [-0.15, -0.1) is 0 Å². The van der Waals surface area contributed by atoms with Crippen LogP contribution in [0.4, 0.5) is 5.82 Å². The number of rotatable bonds is 2. The third-order valence-corrected chi connectivity index (χ3v) is 4.37. The number of hydrogen-bond acceptors (Lipinski definition) is 5. The Morgan fingerprint density at radius 3 is 2.56 bits per heavy atom. The lowest BCUT2D eigenvalue weighted by Gasteiger charge is -2.12. The largest absolute Gasteiger partial charge is 0.383 e. The third kappa shape index (κ3) is 3.21. The van der Waals surface area contributed by atoms with Gasteiger partial charge >= 0.3 is 0 Å². The summed E-state index contributed by atoms with van der Waals surface area (Å²) in [4.78, 5) is 13.2. The Labute approximate surface area is 158 Å². The van der Waals surface area contributed by atoms with Crippen LogP contribution >= 0.6 is 0 Å². The van der Waals surface area contributed by atoms with Crippen molar-refractivity contribution in [3.63, 3.8) is 0 Å². The number of nitrogens with two attached hydrogens (primary N) is 1. The molecule has 0 bridgehead atoms. The van der Waals surface area contributed by atoms with Gasteiger partial charge in [0.15, 0.2) is 5.82 Å². The summed E-state index contributed by atoms with van der Waals surface area (Å²) in [5, 5.41) is 9.97. The van der Waals surface area contributed by atoms with E-state index in [0.29, 0.717) is 17.2 Å². The van der Waals surface area contributed by atoms with Crippen LogP contribution < -0.4 is 5.73 Å². The van der Waals surface area contributed by atoms with E-state index < -0.39 is 0 Å². The van der Waals surface area contributed by atoms with E-state index in [4.69, 9.17) is 11.0 Å². The highest BCUT2D eigenvalue weighted by molar-refractivity contribution is 5.96. The molecule has 0 aliphatic rings. The third-order valence-electron chi connectivity index (χ3n) is 4.37. The second-order valence-corrected chi connectivity index (χ2v) is 6.00. The van der Waals surface area contributed by atoms with Gasteiger partial charge in [0.1, 0.15) is 5.82 Å². The van der Waals surface area contributed by atoms with Crippen LogP contribution in [0.5, 0.6) is 0 Å². The van der Waals surface area contributed by atoms with Crippen molar-refractivity contribution >= 4 is 16.7 Å². The van der Waals surface area contributed by atoms with Crippen LogP contribution in [0.3, 0.4) is 0 Å². The number of aryl methyl sites for hydroxylation is 1. The van der Waals surface area contributed by atoms with Crippen molar-refractivity contribution in [2.75, 3.05) is 5.73 Å². The standard InChI is InChI=1S/C21H15N5.CH4/c1-13-17(15-5-2-4-14(10-15)11-22)7-8-18-19(13)20(23)26-21(25-18)16-6-3-9-24-12-16;/h2-10,12H,1H3,(H2,23,25,26);1H4. The smallest absolute Gasteiger partial charge is 0.163 e. The highest BCUT2D eigenvalue weighted by Gasteiger charge is 2.13. The predicted molar refractivity (Wildman–Crippen MR) is 109 cm³/mol. The first-order chi connectivity index (χ1) is 12.7. The van der Waals surface area contributed by atoms with E-state index in [2.05, 4.69) is 21.0 Å². The molecule has 0 fully saturated rings. The Bertz CT molecular complexity index is 1160. The van der Waals surface area contributed by atoms with Crippen molar-refractivity contribution in [1.82, 2.24) is 15.0 Å². The number of pyridine rings is 1. The van der Waals surface area contributed by atoms with Gasteiger partial charge in [-0.1, -0.05) is 25.6 Å². The zero-order valence-corrected chi connectivity index (χ0v) is 14.1. The summed E-state index contributed by atoms with van der Waals surface area (Å²) in [6.07, 6.45) is 3.43. The lowest BCUT2D eigenvalue weighted by atomic mass is 9.96. The first-order valence-electron chi connectivity index (χ1n) is 8.15. The number of anilines is 1.